The molecule has 1 heterocycles. The number of carbonyl (C=O) groups is 2. The number of halogens is 1. The number of amides is 2. The lowest BCUT2D eigenvalue weighted by molar-refractivity contribution is -0.917. The molecule has 148 valence electrons. The van der Waals surface area contributed by atoms with E-state index in [1.54, 1.807) is 6.07 Å². The molecular formula is C22H27ClN3O2+. The number of carbonyl (C=O) groups excluding carboxylic acids is 2. The predicted octanol–water partition coefficient (Wildman–Crippen LogP) is 1.70. The molecule has 0 aromatic heterocycles. The van der Waals surface area contributed by atoms with Crippen molar-refractivity contribution in [3.05, 3.63) is 70.2 Å². The molecule has 2 N–H and O–H groups in total. The largest absolute Gasteiger partial charge is 0.352 e. The summed E-state index contributed by atoms with van der Waals surface area (Å²) >= 11 is 6.05. The first kappa shape index (κ1) is 20.4. The Bertz CT molecular complexity index is 832. The van der Waals surface area contributed by atoms with Gasteiger partial charge in [0.05, 0.1) is 26.2 Å². The fourth-order valence-electron chi connectivity index (χ4n) is 3.55. The van der Waals surface area contributed by atoms with Crippen LogP contribution in [0.4, 0.5) is 0 Å². The lowest BCUT2D eigenvalue weighted by Gasteiger charge is -2.32. The van der Waals surface area contributed by atoms with Gasteiger partial charge >= 0.3 is 0 Å². The second-order valence-corrected chi connectivity index (χ2v) is 7.69. The van der Waals surface area contributed by atoms with E-state index in [1.165, 1.54) is 10.5 Å². The van der Waals surface area contributed by atoms with Crippen LogP contribution < -0.4 is 10.2 Å². The first-order chi connectivity index (χ1) is 13.5. The lowest BCUT2D eigenvalue weighted by Crippen LogP contribution is -3.13. The molecule has 1 aliphatic heterocycles. The van der Waals surface area contributed by atoms with Crippen LogP contribution in [-0.4, -0.2) is 49.4 Å². The van der Waals surface area contributed by atoms with Gasteiger partial charge in [-0.3, -0.25) is 9.59 Å². The van der Waals surface area contributed by atoms with Crippen molar-refractivity contribution in [1.82, 2.24) is 10.2 Å². The number of hydrogen-bond donors (Lipinski definition) is 2. The molecule has 1 fully saturated rings. The summed E-state index contributed by atoms with van der Waals surface area (Å²) in [6, 6.07) is 15.4. The fourth-order valence-corrected chi connectivity index (χ4v) is 3.76. The Labute approximate surface area is 171 Å². The van der Waals surface area contributed by atoms with E-state index in [4.69, 9.17) is 11.6 Å². The number of quaternary nitrogens is 1. The monoisotopic (exact) mass is 400 g/mol. The Morgan fingerprint density at radius 2 is 1.86 bits per heavy atom. The number of nitrogens with one attached hydrogen (secondary N) is 2. The van der Waals surface area contributed by atoms with E-state index < -0.39 is 0 Å². The van der Waals surface area contributed by atoms with Gasteiger partial charge in [-0.15, -0.1) is 0 Å². The summed E-state index contributed by atoms with van der Waals surface area (Å²) in [6.07, 6.45) is 0.335. The molecule has 6 heteroatoms. The van der Waals surface area contributed by atoms with Crippen LogP contribution in [0.3, 0.4) is 0 Å². The van der Waals surface area contributed by atoms with Gasteiger partial charge in [0.25, 0.3) is 5.91 Å². The van der Waals surface area contributed by atoms with Crippen LogP contribution in [0.5, 0.6) is 0 Å². The Kier molecular flexibility index (Phi) is 7.06. The van der Waals surface area contributed by atoms with Crippen molar-refractivity contribution in [2.24, 2.45) is 0 Å². The second-order valence-electron chi connectivity index (χ2n) is 7.26. The van der Waals surface area contributed by atoms with Crippen molar-refractivity contribution in [3.8, 4) is 0 Å². The highest BCUT2D eigenvalue weighted by atomic mass is 35.5. The van der Waals surface area contributed by atoms with E-state index in [-0.39, 0.29) is 11.8 Å². The minimum Gasteiger partial charge on any atom is -0.352 e. The van der Waals surface area contributed by atoms with E-state index in [9.17, 15) is 9.59 Å². The summed E-state index contributed by atoms with van der Waals surface area (Å²) in [5.74, 6) is -0.0198. The van der Waals surface area contributed by atoms with Crippen LogP contribution in [-0.2, 0) is 11.3 Å². The molecule has 2 amide bonds. The number of piperazine rings is 1. The van der Waals surface area contributed by atoms with Crippen LogP contribution in [0.2, 0.25) is 5.02 Å². The third-order valence-corrected chi connectivity index (χ3v) is 5.42. The highest BCUT2D eigenvalue weighted by molar-refractivity contribution is 6.30. The van der Waals surface area contributed by atoms with Gasteiger partial charge in [-0.05, 0) is 30.7 Å². The molecule has 1 saturated heterocycles. The van der Waals surface area contributed by atoms with Crippen LogP contribution in [0.15, 0.2) is 48.5 Å². The number of nitrogens with zero attached hydrogens (tertiary/aromatic N) is 1. The summed E-state index contributed by atoms with van der Waals surface area (Å²) in [5, 5.41) is 3.61. The zero-order valence-corrected chi connectivity index (χ0v) is 17.0. The van der Waals surface area contributed by atoms with Crippen LogP contribution >= 0.6 is 11.6 Å². The van der Waals surface area contributed by atoms with E-state index in [0.29, 0.717) is 18.5 Å². The Hall–Kier alpha value is -2.37. The topological polar surface area (TPSA) is 53.9 Å². The number of aryl methyl sites for hydroxylation is 1. The maximum absolute atomic E-state index is 12.4. The smallest absolute Gasteiger partial charge is 0.251 e. The van der Waals surface area contributed by atoms with E-state index in [2.05, 4.69) is 11.4 Å². The van der Waals surface area contributed by atoms with Gasteiger partial charge in [0, 0.05) is 29.1 Å². The zero-order chi connectivity index (χ0) is 19.9. The summed E-state index contributed by atoms with van der Waals surface area (Å²) in [6.45, 7) is 6.55. The van der Waals surface area contributed by atoms with Gasteiger partial charge < -0.3 is 15.1 Å². The molecule has 0 bridgehead atoms. The second kappa shape index (κ2) is 9.71. The first-order valence-corrected chi connectivity index (χ1v) is 10.1. The van der Waals surface area contributed by atoms with E-state index >= 15 is 0 Å². The minimum atomic E-state index is -0.123. The van der Waals surface area contributed by atoms with Gasteiger partial charge in [-0.1, -0.05) is 41.9 Å². The summed E-state index contributed by atoms with van der Waals surface area (Å²) in [4.78, 5) is 28.0. The van der Waals surface area contributed by atoms with Crippen molar-refractivity contribution in [3.63, 3.8) is 0 Å². The maximum atomic E-state index is 12.4. The highest BCUT2D eigenvalue weighted by Gasteiger charge is 2.23. The molecule has 3 rings (SSSR count). The van der Waals surface area contributed by atoms with Crippen molar-refractivity contribution in [1.29, 1.82) is 0 Å². The average molecular weight is 401 g/mol. The number of rotatable bonds is 6. The fraction of sp³-hybridized carbons (Fsp3) is 0.364. The molecule has 28 heavy (non-hydrogen) atoms. The van der Waals surface area contributed by atoms with E-state index in [1.807, 2.05) is 48.2 Å². The maximum Gasteiger partial charge on any atom is 0.251 e. The predicted molar refractivity (Wildman–Crippen MR) is 111 cm³/mol. The van der Waals surface area contributed by atoms with Crippen LogP contribution in [0.25, 0.3) is 0 Å². The quantitative estimate of drug-likeness (QED) is 0.775. The van der Waals surface area contributed by atoms with Crippen molar-refractivity contribution in [2.45, 2.75) is 19.9 Å². The van der Waals surface area contributed by atoms with Crippen molar-refractivity contribution < 1.29 is 14.5 Å². The molecule has 5 nitrogen and oxygen atoms in total. The molecule has 0 saturated carbocycles. The van der Waals surface area contributed by atoms with Gasteiger partial charge in [0.2, 0.25) is 5.91 Å². The third-order valence-electron chi connectivity index (χ3n) is 5.18. The average Bonchev–Trinajstić information content (AvgIpc) is 2.69. The van der Waals surface area contributed by atoms with Crippen molar-refractivity contribution in [2.75, 3.05) is 32.7 Å². The summed E-state index contributed by atoms with van der Waals surface area (Å²) in [5.41, 5.74) is 2.82. The molecular weight excluding hydrogens is 374 g/mol. The molecule has 0 aliphatic carbocycles. The van der Waals surface area contributed by atoms with Gasteiger partial charge in [0.1, 0.15) is 6.54 Å². The number of hydrogen-bond acceptors (Lipinski definition) is 2. The first-order valence-electron chi connectivity index (χ1n) is 9.72. The molecule has 0 spiro atoms. The van der Waals surface area contributed by atoms with Crippen LogP contribution in [0, 0.1) is 6.92 Å². The third kappa shape index (κ3) is 5.57. The molecule has 2 aromatic rings. The van der Waals surface area contributed by atoms with Gasteiger partial charge in [0.15, 0.2) is 0 Å². The Balaban J connectivity index is 1.39. The van der Waals surface area contributed by atoms with Crippen LogP contribution in [0.1, 0.15) is 27.9 Å². The van der Waals surface area contributed by atoms with E-state index in [0.717, 1.165) is 43.3 Å². The minimum absolute atomic E-state index is 0.104. The highest BCUT2D eigenvalue weighted by Crippen LogP contribution is 2.10. The summed E-state index contributed by atoms with van der Waals surface area (Å²) in [7, 11) is 0. The molecule has 0 unspecified atom stereocenters. The van der Waals surface area contributed by atoms with Gasteiger partial charge in [-0.25, -0.2) is 0 Å². The zero-order valence-electron chi connectivity index (χ0n) is 16.2. The molecule has 1 aliphatic rings. The Morgan fingerprint density at radius 3 is 2.57 bits per heavy atom. The standard InChI is InChI=1S/C22H26ClN3O2/c1-17-5-2-3-8-20(17)22(28)24-10-9-21(27)26-13-11-25(12-14-26)16-18-6-4-7-19(23)15-18/h2-8,15H,9-14,16H2,1H3,(H,24,28)/p+1. The summed E-state index contributed by atoms with van der Waals surface area (Å²) < 4.78 is 0. The van der Waals surface area contributed by atoms with Gasteiger partial charge in [-0.2, -0.15) is 0 Å². The molecule has 0 atom stereocenters. The Morgan fingerprint density at radius 1 is 1.11 bits per heavy atom. The normalized spacial score (nSPS) is 14.7. The molecule has 0 radical (unpaired) electrons. The van der Waals surface area contributed by atoms with Crippen molar-refractivity contribution >= 4 is 23.4 Å². The SMILES string of the molecule is Cc1ccccc1C(=O)NCCC(=O)N1CC[NH+](Cc2cccc(Cl)c2)CC1. The number of benzene rings is 2. The molecule has 2 aromatic carbocycles. The lowest BCUT2D eigenvalue weighted by atomic mass is 10.1.